The number of nitrogens with zero attached hydrogens (tertiary/aromatic N) is 4. The van der Waals surface area contributed by atoms with Gasteiger partial charge in [-0.15, -0.1) is 0 Å². The van der Waals surface area contributed by atoms with Crippen molar-refractivity contribution in [2.24, 2.45) is 0 Å². The Hall–Kier alpha value is -8.34. The van der Waals surface area contributed by atoms with Crippen molar-refractivity contribution < 1.29 is 0 Å². The van der Waals surface area contributed by atoms with Gasteiger partial charge < -0.3 is 9.13 Å². The topological polar surface area (TPSA) is 35.6 Å². The van der Waals surface area contributed by atoms with Crippen molar-refractivity contribution >= 4 is 89.3 Å². The molecule has 0 atom stereocenters. The van der Waals surface area contributed by atoms with Gasteiger partial charge in [-0.2, -0.15) is 0 Å². The highest BCUT2D eigenvalue weighted by Gasteiger charge is 2.19. The summed E-state index contributed by atoms with van der Waals surface area (Å²) in [5, 5.41) is 7.68. The van der Waals surface area contributed by atoms with Crippen LogP contribution in [-0.2, 0) is 0 Å². The van der Waals surface area contributed by atoms with E-state index in [1.807, 2.05) is 12.3 Å². The van der Waals surface area contributed by atoms with E-state index in [1.165, 1.54) is 105 Å². The van der Waals surface area contributed by atoms with Gasteiger partial charge in [0.05, 0.1) is 45.0 Å². The molecule has 0 bridgehead atoms. The molecule has 11 aromatic rings. The van der Waals surface area contributed by atoms with Crippen LogP contribution in [0.2, 0.25) is 0 Å². The van der Waals surface area contributed by atoms with Crippen molar-refractivity contribution in [1.29, 1.82) is 0 Å². The van der Waals surface area contributed by atoms with E-state index in [4.69, 9.17) is 9.97 Å². The summed E-state index contributed by atoms with van der Waals surface area (Å²) in [6.45, 7) is 18.9. The summed E-state index contributed by atoms with van der Waals surface area (Å²) in [4.78, 5) is 10.3. The highest BCUT2D eigenvalue weighted by Crippen LogP contribution is 2.40. The number of aromatic nitrogens is 4. The van der Waals surface area contributed by atoms with Crippen LogP contribution in [0.1, 0.15) is 71.2 Å². The van der Waals surface area contributed by atoms with E-state index in [0.29, 0.717) is 0 Å². The van der Waals surface area contributed by atoms with Gasteiger partial charge in [-0.3, -0.25) is 4.98 Å². The molecule has 3 aromatic heterocycles. The van der Waals surface area contributed by atoms with Gasteiger partial charge >= 0.3 is 0 Å². The van der Waals surface area contributed by atoms with E-state index in [9.17, 15) is 0 Å². The Labute approximate surface area is 417 Å². The molecule has 8 aromatic carbocycles. The Morgan fingerprint density at radius 2 is 1.04 bits per heavy atom. The van der Waals surface area contributed by atoms with Crippen LogP contribution >= 0.6 is 0 Å². The number of aryl methyl sites for hydroxylation is 1. The molecule has 0 unspecified atom stereocenters. The van der Waals surface area contributed by atoms with Crippen molar-refractivity contribution in [3.05, 3.63) is 221 Å². The molecule has 0 N–H and O–H groups in total. The summed E-state index contributed by atoms with van der Waals surface area (Å²) >= 11 is 0. The van der Waals surface area contributed by atoms with E-state index in [2.05, 4.69) is 240 Å². The van der Waals surface area contributed by atoms with E-state index >= 15 is 0 Å². The molecule has 4 heteroatoms. The number of rotatable bonds is 7. The minimum Gasteiger partial charge on any atom is -0.310 e. The third-order valence-electron chi connectivity index (χ3n) is 15.0. The molecule has 4 nitrogen and oxygen atoms in total. The molecule has 346 valence electrons. The molecular formula is C67H58N4. The lowest BCUT2D eigenvalue weighted by molar-refractivity contribution is 1.02. The first-order chi connectivity index (χ1) is 34.7. The van der Waals surface area contributed by atoms with Gasteiger partial charge in [0.15, 0.2) is 0 Å². The summed E-state index contributed by atoms with van der Waals surface area (Å²) in [5.74, 6) is 0. The summed E-state index contributed by atoms with van der Waals surface area (Å²) in [5.41, 5.74) is 23.5. The lowest BCUT2D eigenvalue weighted by atomic mass is 9.91. The summed E-state index contributed by atoms with van der Waals surface area (Å²) in [6, 6.07) is 48.7. The van der Waals surface area contributed by atoms with Crippen LogP contribution in [0, 0.1) is 34.6 Å². The van der Waals surface area contributed by atoms with Gasteiger partial charge in [-0.05, 0) is 165 Å². The number of hydrogen-bond donors (Lipinski definition) is 0. The van der Waals surface area contributed by atoms with Crippen molar-refractivity contribution in [1.82, 2.24) is 19.1 Å². The predicted molar refractivity (Wildman–Crippen MR) is 308 cm³/mol. The van der Waals surface area contributed by atoms with Crippen LogP contribution in [0.5, 0.6) is 0 Å². The number of benzene rings is 8. The SMILES string of the molecule is C/C=C\c1c(C)c(C)c(/C=C\C)c2nc(-c3ccc(-n4c5ccccc5c5ccc(-c6ccc7c(c6)c6ccccc6n7C6=CCCC=C6)cc54)cc3)cnc12.C=Cc1c(C)c(C)c(C)c2ccccc12. The third-order valence-corrected chi connectivity index (χ3v) is 15.0. The number of para-hydroxylation sites is 2. The van der Waals surface area contributed by atoms with Gasteiger partial charge in [-0.25, -0.2) is 4.98 Å². The highest BCUT2D eigenvalue weighted by molar-refractivity contribution is 6.13. The standard InChI is InChI=1S/C52H42N4.C15H16/c1-5-14-40-33(3)34(4)41(15-6-2)52-51(40)53-32-46(54-52)35-22-26-39(27-23-35)56-47-20-12-10-18-42(47)44-28-24-37(31-50(44)56)36-25-29-49-45(30-36)43-19-11-13-21-48(43)55(49)38-16-8-7-9-17-38;1-5-13-11(3)10(2)12(4)14-8-6-7-9-15(13)14/h5-6,8,10-32H,7,9H2,1-4H3;5-9H,1H2,2-4H3/b14-5-,15-6-;. The molecule has 12 rings (SSSR count). The van der Waals surface area contributed by atoms with Crippen LogP contribution in [0.15, 0.2) is 177 Å². The fourth-order valence-corrected chi connectivity index (χ4v) is 11.0. The molecule has 0 saturated carbocycles. The zero-order valence-electron chi connectivity index (χ0n) is 41.8. The van der Waals surface area contributed by atoms with Crippen LogP contribution < -0.4 is 0 Å². The van der Waals surface area contributed by atoms with Gasteiger partial charge in [0.1, 0.15) is 0 Å². The van der Waals surface area contributed by atoms with E-state index in [1.54, 1.807) is 0 Å². The molecule has 71 heavy (non-hydrogen) atoms. The maximum absolute atomic E-state index is 5.25. The molecular weight excluding hydrogens is 861 g/mol. The maximum Gasteiger partial charge on any atom is 0.0975 e. The molecule has 3 heterocycles. The van der Waals surface area contributed by atoms with E-state index in [0.717, 1.165) is 51.9 Å². The summed E-state index contributed by atoms with van der Waals surface area (Å²) < 4.78 is 4.82. The zero-order chi connectivity index (χ0) is 48.9. The summed E-state index contributed by atoms with van der Waals surface area (Å²) in [6.07, 6.45) is 21.4. The van der Waals surface area contributed by atoms with Crippen molar-refractivity contribution in [3.8, 4) is 28.1 Å². The molecule has 1 aliphatic carbocycles. The molecule has 0 saturated heterocycles. The lowest BCUT2D eigenvalue weighted by Crippen LogP contribution is -2.00. The first kappa shape index (κ1) is 45.1. The van der Waals surface area contributed by atoms with Gasteiger partial charge in [0.2, 0.25) is 0 Å². The normalized spacial score (nSPS) is 12.9. The second-order valence-electron chi connectivity index (χ2n) is 18.9. The fourth-order valence-electron chi connectivity index (χ4n) is 11.0. The smallest absolute Gasteiger partial charge is 0.0975 e. The molecule has 0 aliphatic heterocycles. The Morgan fingerprint density at radius 3 is 1.72 bits per heavy atom. The molecule has 0 radical (unpaired) electrons. The monoisotopic (exact) mass is 918 g/mol. The van der Waals surface area contributed by atoms with Crippen molar-refractivity contribution in [3.63, 3.8) is 0 Å². The van der Waals surface area contributed by atoms with E-state index in [-0.39, 0.29) is 0 Å². The Bertz CT molecular complexity index is 4070. The van der Waals surface area contributed by atoms with Gasteiger partial charge in [0, 0.05) is 49.6 Å². The quantitative estimate of drug-likeness (QED) is 0.160. The number of allylic oxidation sites excluding steroid dienone is 6. The Balaban J connectivity index is 0.000000312. The first-order valence-corrected chi connectivity index (χ1v) is 24.9. The fraction of sp³-hybridized carbons (Fsp3) is 0.134. The van der Waals surface area contributed by atoms with Crippen LogP contribution in [0.4, 0.5) is 0 Å². The molecule has 0 spiro atoms. The highest BCUT2D eigenvalue weighted by atomic mass is 15.0. The van der Waals surface area contributed by atoms with Crippen molar-refractivity contribution in [2.75, 3.05) is 0 Å². The molecule has 0 fully saturated rings. The molecule has 1 aliphatic rings. The summed E-state index contributed by atoms with van der Waals surface area (Å²) in [7, 11) is 0. The zero-order valence-corrected chi connectivity index (χ0v) is 41.8. The number of hydrogen-bond acceptors (Lipinski definition) is 2. The first-order valence-electron chi connectivity index (χ1n) is 24.9. The molecule has 0 amide bonds. The minimum atomic E-state index is 0.863. The van der Waals surface area contributed by atoms with Crippen molar-refractivity contribution in [2.45, 2.75) is 61.3 Å². The van der Waals surface area contributed by atoms with Crippen LogP contribution in [0.25, 0.3) is 117 Å². The second kappa shape index (κ2) is 18.5. The lowest BCUT2D eigenvalue weighted by Gasteiger charge is -2.15. The predicted octanol–water partition coefficient (Wildman–Crippen LogP) is 18.5. The average molecular weight is 919 g/mol. The van der Waals surface area contributed by atoms with Crippen LogP contribution in [0.3, 0.4) is 0 Å². The second-order valence-corrected chi connectivity index (χ2v) is 18.9. The van der Waals surface area contributed by atoms with Crippen LogP contribution in [-0.4, -0.2) is 19.1 Å². The third kappa shape index (κ3) is 7.62. The van der Waals surface area contributed by atoms with E-state index < -0.39 is 0 Å². The largest absolute Gasteiger partial charge is 0.310 e. The average Bonchev–Trinajstić information content (AvgIpc) is 3.93. The maximum atomic E-state index is 5.25. The minimum absolute atomic E-state index is 0.863. The number of fused-ring (bicyclic) bond motifs is 8. The van der Waals surface area contributed by atoms with Gasteiger partial charge in [-0.1, -0.05) is 140 Å². The Morgan fingerprint density at radius 1 is 0.479 bits per heavy atom. The van der Waals surface area contributed by atoms with Gasteiger partial charge in [0.25, 0.3) is 0 Å². The Kier molecular flexibility index (Phi) is 11.8.